The molecule has 0 aliphatic carbocycles. The number of rotatable bonds is 4. The van der Waals surface area contributed by atoms with E-state index in [1.54, 1.807) is 30.3 Å². The SMILES string of the molecule is O=C(NC1C(=O)N2C(C(=O)O)SCC12)C(=NO)c1ccccc1. The van der Waals surface area contributed by atoms with E-state index in [0.717, 1.165) is 11.8 Å². The molecular formula is C14H13N3O5S. The van der Waals surface area contributed by atoms with Gasteiger partial charge in [-0.15, -0.1) is 11.8 Å². The molecule has 8 nitrogen and oxygen atoms in total. The molecule has 2 saturated heterocycles. The molecular weight excluding hydrogens is 322 g/mol. The van der Waals surface area contributed by atoms with E-state index < -0.39 is 29.2 Å². The number of fused-ring (bicyclic) bond motifs is 1. The molecule has 2 fully saturated rings. The number of hydrogen-bond acceptors (Lipinski definition) is 6. The van der Waals surface area contributed by atoms with E-state index in [0.29, 0.717) is 11.3 Å². The van der Waals surface area contributed by atoms with Crippen molar-refractivity contribution in [2.45, 2.75) is 17.5 Å². The van der Waals surface area contributed by atoms with E-state index in [9.17, 15) is 14.4 Å². The minimum Gasteiger partial charge on any atom is -0.479 e. The normalized spacial score (nSPS) is 26.4. The highest BCUT2D eigenvalue weighted by Crippen LogP contribution is 2.38. The van der Waals surface area contributed by atoms with Crippen LogP contribution in [0.3, 0.4) is 0 Å². The summed E-state index contributed by atoms with van der Waals surface area (Å²) in [6, 6.07) is 7.20. The third kappa shape index (κ3) is 2.52. The van der Waals surface area contributed by atoms with Crippen LogP contribution in [0.4, 0.5) is 0 Å². The number of nitrogens with zero attached hydrogens (tertiary/aromatic N) is 2. The van der Waals surface area contributed by atoms with Crippen LogP contribution in [-0.2, 0) is 14.4 Å². The number of benzene rings is 1. The molecule has 9 heteroatoms. The van der Waals surface area contributed by atoms with E-state index >= 15 is 0 Å². The Kier molecular flexibility index (Phi) is 3.95. The highest BCUT2D eigenvalue weighted by atomic mass is 32.2. The van der Waals surface area contributed by atoms with Crippen molar-refractivity contribution in [3.8, 4) is 0 Å². The van der Waals surface area contributed by atoms with Gasteiger partial charge in [0.25, 0.3) is 5.91 Å². The third-order valence-corrected chi connectivity index (χ3v) is 5.08. The number of oxime groups is 1. The zero-order valence-corrected chi connectivity index (χ0v) is 12.6. The molecule has 1 aromatic carbocycles. The summed E-state index contributed by atoms with van der Waals surface area (Å²) in [6.07, 6.45) is 0. The van der Waals surface area contributed by atoms with Gasteiger partial charge in [-0.1, -0.05) is 35.5 Å². The second kappa shape index (κ2) is 5.92. The number of carboxylic acid groups (broad SMARTS) is 1. The first-order valence-electron chi connectivity index (χ1n) is 6.79. The lowest BCUT2D eigenvalue weighted by Gasteiger charge is -2.43. The Hall–Kier alpha value is -2.55. The van der Waals surface area contributed by atoms with Crippen molar-refractivity contribution in [1.82, 2.24) is 10.2 Å². The van der Waals surface area contributed by atoms with Crippen LogP contribution in [0.1, 0.15) is 5.56 Å². The summed E-state index contributed by atoms with van der Waals surface area (Å²) in [5.41, 5.74) is 0.220. The first-order valence-corrected chi connectivity index (χ1v) is 7.84. The van der Waals surface area contributed by atoms with Crippen LogP contribution in [0.5, 0.6) is 0 Å². The molecule has 3 atom stereocenters. The number of hydrogen-bond donors (Lipinski definition) is 3. The van der Waals surface area contributed by atoms with E-state index in [2.05, 4.69) is 10.5 Å². The lowest BCUT2D eigenvalue weighted by atomic mass is 9.96. The number of amides is 2. The van der Waals surface area contributed by atoms with Crippen LogP contribution in [0.15, 0.2) is 35.5 Å². The summed E-state index contributed by atoms with van der Waals surface area (Å²) in [7, 11) is 0. The maximum Gasteiger partial charge on any atom is 0.337 e. The molecule has 1 aromatic rings. The fraction of sp³-hybridized carbons (Fsp3) is 0.286. The van der Waals surface area contributed by atoms with Gasteiger partial charge in [0.15, 0.2) is 11.1 Å². The fourth-order valence-corrected chi connectivity index (χ4v) is 3.99. The Bertz CT molecular complexity index is 693. The average Bonchev–Trinajstić information content (AvgIpc) is 2.95. The summed E-state index contributed by atoms with van der Waals surface area (Å²) in [5, 5.41) is 22.7. The Morgan fingerprint density at radius 1 is 1.30 bits per heavy atom. The molecule has 0 aromatic heterocycles. The van der Waals surface area contributed by atoms with Gasteiger partial charge in [-0.05, 0) is 0 Å². The van der Waals surface area contributed by atoms with Gasteiger partial charge in [0, 0.05) is 11.3 Å². The minimum absolute atomic E-state index is 0.197. The van der Waals surface area contributed by atoms with E-state index in [1.807, 2.05) is 0 Å². The Morgan fingerprint density at radius 3 is 2.61 bits per heavy atom. The predicted molar refractivity (Wildman–Crippen MR) is 81.2 cm³/mol. The van der Waals surface area contributed by atoms with Crippen molar-refractivity contribution in [2.75, 3.05) is 5.75 Å². The molecule has 3 unspecified atom stereocenters. The fourth-order valence-electron chi connectivity index (χ4n) is 2.69. The largest absolute Gasteiger partial charge is 0.479 e. The van der Waals surface area contributed by atoms with Crippen molar-refractivity contribution >= 4 is 35.3 Å². The average molecular weight is 335 g/mol. The molecule has 2 amide bonds. The van der Waals surface area contributed by atoms with Gasteiger partial charge in [-0.2, -0.15) is 0 Å². The van der Waals surface area contributed by atoms with Crippen molar-refractivity contribution < 1.29 is 24.7 Å². The smallest absolute Gasteiger partial charge is 0.337 e. The molecule has 2 aliphatic rings. The van der Waals surface area contributed by atoms with E-state index in [-0.39, 0.29) is 11.8 Å². The number of thioether (sulfide) groups is 1. The lowest BCUT2D eigenvalue weighted by molar-refractivity contribution is -0.158. The molecule has 0 bridgehead atoms. The quantitative estimate of drug-likeness (QED) is 0.301. The van der Waals surface area contributed by atoms with Crippen LogP contribution in [0.25, 0.3) is 0 Å². The maximum absolute atomic E-state index is 12.2. The van der Waals surface area contributed by atoms with Gasteiger partial charge in [0.2, 0.25) is 5.91 Å². The molecule has 0 spiro atoms. The van der Waals surface area contributed by atoms with Gasteiger partial charge in [0.1, 0.15) is 6.04 Å². The second-order valence-corrected chi connectivity index (χ2v) is 6.22. The van der Waals surface area contributed by atoms with Crippen molar-refractivity contribution in [3.63, 3.8) is 0 Å². The predicted octanol–water partition coefficient (Wildman–Crippen LogP) is -0.282. The van der Waals surface area contributed by atoms with Crippen molar-refractivity contribution in [3.05, 3.63) is 35.9 Å². The zero-order valence-electron chi connectivity index (χ0n) is 11.7. The number of carboxylic acids is 1. The maximum atomic E-state index is 12.2. The summed E-state index contributed by atoms with van der Waals surface area (Å²) in [5.74, 6) is -1.76. The Labute approximate surface area is 135 Å². The second-order valence-electron chi connectivity index (χ2n) is 5.10. The van der Waals surface area contributed by atoms with Crippen LogP contribution in [0, 0.1) is 0 Å². The van der Waals surface area contributed by atoms with Crippen molar-refractivity contribution in [1.29, 1.82) is 0 Å². The Morgan fingerprint density at radius 2 is 2.00 bits per heavy atom. The third-order valence-electron chi connectivity index (χ3n) is 3.80. The molecule has 120 valence electrons. The Balaban J connectivity index is 1.70. The molecule has 2 aliphatic heterocycles. The van der Waals surface area contributed by atoms with Crippen LogP contribution in [0.2, 0.25) is 0 Å². The molecule has 3 N–H and O–H groups in total. The van der Waals surface area contributed by atoms with Gasteiger partial charge in [0.05, 0.1) is 6.04 Å². The number of nitrogens with one attached hydrogen (secondary N) is 1. The van der Waals surface area contributed by atoms with Crippen LogP contribution in [-0.4, -0.2) is 61.9 Å². The van der Waals surface area contributed by atoms with Gasteiger partial charge in [-0.25, -0.2) is 4.79 Å². The molecule has 0 radical (unpaired) electrons. The summed E-state index contributed by atoms with van der Waals surface area (Å²) >= 11 is 1.15. The topological polar surface area (TPSA) is 119 Å². The standard InChI is InChI=1S/C14H13N3O5S/c18-11(9(16-22)7-4-2-1-3-5-7)15-10-8-6-23-13(14(20)21)17(8)12(10)19/h1-5,8,10,13,22H,6H2,(H,15,18)(H,20,21). The zero-order chi connectivity index (χ0) is 16.6. The van der Waals surface area contributed by atoms with E-state index in [1.165, 1.54) is 4.90 Å². The molecule has 23 heavy (non-hydrogen) atoms. The van der Waals surface area contributed by atoms with Gasteiger partial charge in [-0.3, -0.25) is 9.59 Å². The summed E-state index contributed by atoms with van der Waals surface area (Å²) < 4.78 is 0. The van der Waals surface area contributed by atoms with Crippen LogP contribution >= 0.6 is 11.8 Å². The van der Waals surface area contributed by atoms with Crippen molar-refractivity contribution in [2.24, 2.45) is 5.16 Å². The monoisotopic (exact) mass is 335 g/mol. The lowest BCUT2D eigenvalue weighted by Crippen LogP contribution is -2.71. The van der Waals surface area contributed by atoms with E-state index in [4.69, 9.17) is 10.3 Å². The molecule has 0 saturated carbocycles. The van der Waals surface area contributed by atoms with Gasteiger partial charge < -0.3 is 20.5 Å². The first kappa shape index (κ1) is 15.3. The van der Waals surface area contributed by atoms with Gasteiger partial charge >= 0.3 is 5.97 Å². The number of β-lactam (4-membered cyclic amide) rings is 1. The highest BCUT2D eigenvalue weighted by Gasteiger charge is 2.57. The molecule has 3 rings (SSSR count). The highest BCUT2D eigenvalue weighted by molar-refractivity contribution is 8.00. The minimum atomic E-state index is -1.07. The molecule has 2 heterocycles. The number of carbonyl (C=O) groups is 3. The summed E-state index contributed by atoms with van der Waals surface area (Å²) in [4.78, 5) is 36.6. The summed E-state index contributed by atoms with van der Waals surface area (Å²) in [6.45, 7) is 0. The van der Waals surface area contributed by atoms with Crippen LogP contribution < -0.4 is 5.32 Å². The number of carbonyl (C=O) groups excluding carboxylic acids is 2. The number of aliphatic carboxylic acids is 1. The first-order chi connectivity index (χ1) is 11.0.